The van der Waals surface area contributed by atoms with E-state index in [9.17, 15) is 0 Å². The van der Waals surface area contributed by atoms with E-state index in [0.717, 1.165) is 56.7 Å². The lowest BCUT2D eigenvalue weighted by molar-refractivity contribution is 0.187. The first-order chi connectivity index (χ1) is 12.6. The van der Waals surface area contributed by atoms with Gasteiger partial charge in [-0.2, -0.15) is 0 Å². The number of aromatic nitrogens is 2. The van der Waals surface area contributed by atoms with Gasteiger partial charge in [0.05, 0.1) is 25.6 Å². The minimum absolute atomic E-state index is 0. The Kier molecular flexibility index (Phi) is 8.91. The molecule has 150 valence electrons. The van der Waals surface area contributed by atoms with E-state index in [1.807, 2.05) is 30.8 Å². The van der Waals surface area contributed by atoms with Crippen LogP contribution < -0.4 is 5.32 Å². The number of rotatable bonds is 7. The molecule has 1 aliphatic rings. The molecule has 0 bridgehead atoms. The molecule has 0 amide bonds. The van der Waals surface area contributed by atoms with Gasteiger partial charge in [-0.15, -0.1) is 24.0 Å². The fourth-order valence-corrected chi connectivity index (χ4v) is 3.01. The smallest absolute Gasteiger partial charge is 0.194 e. The number of nitrogens with one attached hydrogen (secondary N) is 1. The van der Waals surface area contributed by atoms with Crippen LogP contribution in [0.25, 0.3) is 0 Å². The van der Waals surface area contributed by atoms with Crippen LogP contribution in [-0.4, -0.2) is 53.8 Å². The van der Waals surface area contributed by atoms with Crippen molar-refractivity contribution in [2.45, 2.75) is 19.4 Å². The summed E-state index contributed by atoms with van der Waals surface area (Å²) in [6.45, 7) is 3.76. The lowest BCUT2D eigenvalue weighted by Gasteiger charge is -2.22. The molecule has 1 atom stereocenters. The zero-order chi connectivity index (χ0) is 18.4. The third-order valence-electron chi connectivity index (χ3n) is 4.53. The predicted octanol–water partition coefficient (Wildman–Crippen LogP) is 2.94. The summed E-state index contributed by atoms with van der Waals surface area (Å²) in [5, 5.41) is 4.06. The first-order valence-corrected chi connectivity index (χ1v) is 9.27. The minimum atomic E-state index is 0. The molecule has 1 N–H and O–H groups in total. The van der Waals surface area contributed by atoms with Gasteiger partial charge in [0.2, 0.25) is 0 Å². The van der Waals surface area contributed by atoms with Crippen molar-refractivity contribution in [1.29, 1.82) is 0 Å². The highest BCUT2D eigenvalue weighted by Gasteiger charge is 2.17. The normalized spacial score (nSPS) is 17.0. The summed E-state index contributed by atoms with van der Waals surface area (Å²) in [5.74, 6) is 3.19. The SMILES string of the molecule is CN(Cc1ncc(Cl)n1C)C(=NCC1CCOC1)NCCc1ccco1.I. The Bertz CT molecular complexity index is 713. The van der Waals surface area contributed by atoms with Crippen LogP contribution in [0.3, 0.4) is 0 Å². The highest BCUT2D eigenvalue weighted by atomic mass is 127. The van der Waals surface area contributed by atoms with Crippen LogP contribution in [0.15, 0.2) is 34.0 Å². The summed E-state index contributed by atoms with van der Waals surface area (Å²) in [6.07, 6.45) is 5.24. The molecule has 0 aliphatic carbocycles. The van der Waals surface area contributed by atoms with Gasteiger partial charge in [-0.1, -0.05) is 11.6 Å². The molecule has 0 aromatic carbocycles. The topological polar surface area (TPSA) is 67.8 Å². The second kappa shape index (κ2) is 10.9. The van der Waals surface area contributed by atoms with Crippen LogP contribution in [0.1, 0.15) is 18.0 Å². The molecule has 1 unspecified atom stereocenters. The van der Waals surface area contributed by atoms with Crippen LogP contribution >= 0.6 is 35.6 Å². The molecule has 27 heavy (non-hydrogen) atoms. The summed E-state index contributed by atoms with van der Waals surface area (Å²) in [4.78, 5) is 11.2. The Labute approximate surface area is 182 Å². The fraction of sp³-hybridized carbons (Fsp3) is 0.556. The number of imidazole rings is 1. The Balaban J connectivity index is 0.00000261. The number of furan rings is 1. The molecular weight excluding hydrogens is 481 g/mol. The number of halogens is 2. The fourth-order valence-electron chi connectivity index (χ4n) is 2.86. The molecular formula is C18H27ClIN5O2. The van der Waals surface area contributed by atoms with E-state index >= 15 is 0 Å². The maximum Gasteiger partial charge on any atom is 0.194 e. The van der Waals surface area contributed by atoms with Crippen LogP contribution in [0.4, 0.5) is 0 Å². The Morgan fingerprint density at radius 2 is 2.37 bits per heavy atom. The summed E-state index contributed by atoms with van der Waals surface area (Å²) >= 11 is 6.09. The van der Waals surface area contributed by atoms with E-state index in [2.05, 4.69) is 15.2 Å². The lowest BCUT2D eigenvalue weighted by Crippen LogP contribution is -2.40. The Morgan fingerprint density at radius 3 is 3.00 bits per heavy atom. The molecule has 0 radical (unpaired) electrons. The quantitative estimate of drug-likeness (QED) is 0.355. The highest BCUT2D eigenvalue weighted by molar-refractivity contribution is 14.0. The molecule has 9 heteroatoms. The van der Waals surface area contributed by atoms with Crippen molar-refractivity contribution >= 4 is 41.5 Å². The minimum Gasteiger partial charge on any atom is -0.469 e. The molecule has 1 fully saturated rings. The van der Waals surface area contributed by atoms with Gasteiger partial charge >= 0.3 is 0 Å². The molecule has 0 saturated carbocycles. The van der Waals surface area contributed by atoms with E-state index in [4.69, 9.17) is 25.7 Å². The van der Waals surface area contributed by atoms with Gasteiger partial charge in [-0.3, -0.25) is 4.99 Å². The first kappa shape index (κ1) is 22.0. The van der Waals surface area contributed by atoms with Crippen molar-refractivity contribution in [3.05, 3.63) is 41.3 Å². The molecule has 1 saturated heterocycles. The van der Waals surface area contributed by atoms with Crippen molar-refractivity contribution in [3.63, 3.8) is 0 Å². The number of nitrogens with zero attached hydrogens (tertiary/aromatic N) is 4. The maximum atomic E-state index is 6.09. The average Bonchev–Trinajstić information content (AvgIpc) is 3.38. The van der Waals surface area contributed by atoms with Gasteiger partial charge in [0, 0.05) is 46.1 Å². The number of ether oxygens (including phenoxy) is 1. The van der Waals surface area contributed by atoms with Crippen LogP contribution in [0.5, 0.6) is 0 Å². The van der Waals surface area contributed by atoms with Crippen molar-refractivity contribution < 1.29 is 9.15 Å². The van der Waals surface area contributed by atoms with Gasteiger partial charge in [-0.05, 0) is 18.6 Å². The third-order valence-corrected chi connectivity index (χ3v) is 4.88. The van der Waals surface area contributed by atoms with Gasteiger partial charge in [-0.25, -0.2) is 4.98 Å². The molecule has 0 spiro atoms. The van der Waals surface area contributed by atoms with Crippen LogP contribution in [-0.2, 0) is 24.8 Å². The Morgan fingerprint density at radius 1 is 1.52 bits per heavy atom. The van der Waals surface area contributed by atoms with Crippen LogP contribution in [0, 0.1) is 5.92 Å². The number of aliphatic imine (C=N–C) groups is 1. The maximum absolute atomic E-state index is 6.09. The van der Waals surface area contributed by atoms with E-state index < -0.39 is 0 Å². The predicted molar refractivity (Wildman–Crippen MR) is 117 cm³/mol. The van der Waals surface area contributed by atoms with Gasteiger partial charge in [0.15, 0.2) is 5.96 Å². The number of hydrogen-bond donors (Lipinski definition) is 1. The van der Waals surface area contributed by atoms with Gasteiger partial charge < -0.3 is 23.9 Å². The van der Waals surface area contributed by atoms with Crippen molar-refractivity contribution in [3.8, 4) is 0 Å². The molecule has 3 heterocycles. The molecule has 2 aromatic heterocycles. The Hall–Kier alpha value is -1.26. The molecule has 7 nitrogen and oxygen atoms in total. The molecule has 2 aromatic rings. The second-order valence-electron chi connectivity index (χ2n) is 6.56. The summed E-state index contributed by atoms with van der Waals surface area (Å²) in [7, 11) is 3.92. The zero-order valence-electron chi connectivity index (χ0n) is 15.7. The largest absolute Gasteiger partial charge is 0.469 e. The standard InChI is InChI=1S/C18H26ClN5O2.HI/c1-23(12-17-21-11-16(19)24(17)2)18(22-10-14-6-9-25-13-14)20-7-5-15-4-3-8-26-15;/h3-4,8,11,14H,5-7,9-10,12-13H2,1-2H3,(H,20,22);1H. The summed E-state index contributed by atoms with van der Waals surface area (Å²) < 4.78 is 12.7. The van der Waals surface area contributed by atoms with E-state index in [-0.39, 0.29) is 24.0 Å². The monoisotopic (exact) mass is 507 g/mol. The molecule has 3 rings (SSSR count). The van der Waals surface area contributed by atoms with Crippen molar-refractivity contribution in [1.82, 2.24) is 19.8 Å². The van der Waals surface area contributed by atoms with E-state index in [0.29, 0.717) is 17.6 Å². The van der Waals surface area contributed by atoms with E-state index in [1.165, 1.54) is 0 Å². The zero-order valence-corrected chi connectivity index (χ0v) is 18.8. The number of guanidine groups is 1. The van der Waals surface area contributed by atoms with Crippen molar-refractivity contribution in [2.75, 3.05) is 33.4 Å². The van der Waals surface area contributed by atoms with Crippen LogP contribution in [0.2, 0.25) is 5.15 Å². The third kappa shape index (κ3) is 6.39. The summed E-state index contributed by atoms with van der Waals surface area (Å²) in [5.41, 5.74) is 0. The average molecular weight is 508 g/mol. The van der Waals surface area contributed by atoms with Gasteiger partial charge in [0.25, 0.3) is 0 Å². The second-order valence-corrected chi connectivity index (χ2v) is 6.95. The highest BCUT2D eigenvalue weighted by Crippen LogP contribution is 2.13. The summed E-state index contributed by atoms with van der Waals surface area (Å²) in [6, 6.07) is 3.88. The number of hydrogen-bond acceptors (Lipinski definition) is 4. The first-order valence-electron chi connectivity index (χ1n) is 8.89. The van der Waals surface area contributed by atoms with Gasteiger partial charge in [0.1, 0.15) is 16.7 Å². The molecule has 1 aliphatic heterocycles. The van der Waals surface area contributed by atoms with E-state index in [1.54, 1.807) is 12.5 Å². The van der Waals surface area contributed by atoms with Crippen molar-refractivity contribution in [2.24, 2.45) is 18.0 Å². The lowest BCUT2D eigenvalue weighted by atomic mass is 10.1.